The summed E-state index contributed by atoms with van der Waals surface area (Å²) in [6, 6.07) is 18.0. The van der Waals surface area contributed by atoms with Crippen molar-refractivity contribution in [1.82, 2.24) is 10.2 Å². The molecular formula is C33H34Cl2N2O6. The summed E-state index contributed by atoms with van der Waals surface area (Å²) in [4.78, 5) is 41.1. The summed E-state index contributed by atoms with van der Waals surface area (Å²) >= 11 is 13.0. The molecule has 3 N–H and O–H groups in total. The van der Waals surface area contributed by atoms with Crippen LogP contribution in [0.15, 0.2) is 66.7 Å². The predicted molar refractivity (Wildman–Crippen MR) is 164 cm³/mol. The molecule has 1 heterocycles. The lowest BCUT2D eigenvalue weighted by molar-refractivity contribution is -0.144. The number of nitrogens with zero attached hydrogens (tertiary/aromatic N) is 1. The predicted octanol–water partition coefficient (Wildman–Crippen LogP) is 5.79. The van der Waals surface area contributed by atoms with E-state index in [1.54, 1.807) is 59.5 Å². The number of carboxylic acids is 1. The highest BCUT2D eigenvalue weighted by atomic mass is 35.5. The molecule has 0 spiro atoms. The van der Waals surface area contributed by atoms with E-state index < -0.39 is 36.2 Å². The van der Waals surface area contributed by atoms with Crippen LogP contribution in [-0.2, 0) is 16.0 Å². The molecule has 1 aliphatic carbocycles. The van der Waals surface area contributed by atoms with Crippen LogP contribution in [-0.4, -0.2) is 57.7 Å². The van der Waals surface area contributed by atoms with Gasteiger partial charge >= 0.3 is 5.97 Å². The van der Waals surface area contributed by atoms with Crippen molar-refractivity contribution in [2.45, 2.75) is 69.2 Å². The molecule has 226 valence electrons. The summed E-state index contributed by atoms with van der Waals surface area (Å²) in [6.45, 7) is 1.75. The molecule has 2 aliphatic rings. The normalized spacial score (nSPS) is 22.4. The van der Waals surface area contributed by atoms with Gasteiger partial charge in [0.15, 0.2) is 6.10 Å². The van der Waals surface area contributed by atoms with Crippen LogP contribution >= 0.6 is 23.2 Å². The maximum atomic E-state index is 14.1. The molecule has 1 saturated carbocycles. The van der Waals surface area contributed by atoms with Gasteiger partial charge in [-0.05, 0) is 73.2 Å². The lowest BCUT2D eigenvalue weighted by Crippen LogP contribution is -2.55. The van der Waals surface area contributed by atoms with E-state index in [1.807, 2.05) is 12.1 Å². The molecule has 5 atom stereocenters. The Bertz CT molecular complexity index is 1510. The Labute approximate surface area is 260 Å². The second kappa shape index (κ2) is 13.4. The zero-order valence-corrected chi connectivity index (χ0v) is 25.2. The first-order valence-electron chi connectivity index (χ1n) is 14.5. The van der Waals surface area contributed by atoms with E-state index in [0.29, 0.717) is 51.7 Å². The Hall–Kier alpha value is -3.59. The van der Waals surface area contributed by atoms with Gasteiger partial charge in [0.1, 0.15) is 5.75 Å². The average molecular weight is 626 g/mol. The molecule has 0 saturated heterocycles. The van der Waals surface area contributed by atoms with Gasteiger partial charge in [-0.1, -0.05) is 72.4 Å². The Morgan fingerprint density at radius 2 is 1.79 bits per heavy atom. The van der Waals surface area contributed by atoms with Crippen LogP contribution in [0.1, 0.15) is 71.6 Å². The number of aliphatic hydroxyl groups is 1. The van der Waals surface area contributed by atoms with Gasteiger partial charge in [-0.3, -0.25) is 9.59 Å². The molecule has 4 unspecified atom stereocenters. The van der Waals surface area contributed by atoms with Crippen LogP contribution < -0.4 is 10.1 Å². The topological polar surface area (TPSA) is 116 Å². The number of fused-ring (bicyclic) bond motifs is 1. The average Bonchev–Trinajstić information content (AvgIpc) is 2.98. The Morgan fingerprint density at radius 1 is 1.02 bits per heavy atom. The van der Waals surface area contributed by atoms with Gasteiger partial charge < -0.3 is 25.2 Å². The number of ether oxygens (including phenoxy) is 1. The molecule has 43 heavy (non-hydrogen) atoms. The fourth-order valence-electron chi connectivity index (χ4n) is 6.16. The summed E-state index contributed by atoms with van der Waals surface area (Å²) in [5.74, 6) is -1.95. The van der Waals surface area contributed by atoms with Gasteiger partial charge in [-0.25, -0.2) is 4.79 Å². The molecule has 1 fully saturated rings. The monoisotopic (exact) mass is 624 g/mol. The van der Waals surface area contributed by atoms with E-state index in [-0.39, 0.29) is 18.4 Å². The van der Waals surface area contributed by atoms with Gasteiger partial charge in [-0.2, -0.15) is 0 Å². The molecule has 3 aromatic rings. The van der Waals surface area contributed by atoms with Gasteiger partial charge in [0.05, 0.1) is 24.1 Å². The van der Waals surface area contributed by atoms with E-state index in [1.165, 1.54) is 6.92 Å². The maximum Gasteiger partial charge on any atom is 0.344 e. The molecule has 0 radical (unpaired) electrons. The summed E-state index contributed by atoms with van der Waals surface area (Å²) in [5.41, 5.74) is 2.47. The van der Waals surface area contributed by atoms with Crippen LogP contribution in [0.2, 0.25) is 10.0 Å². The van der Waals surface area contributed by atoms with Gasteiger partial charge in [-0.15, -0.1) is 0 Å². The number of aliphatic hydroxyl groups excluding tert-OH is 1. The van der Waals surface area contributed by atoms with Gasteiger partial charge in [0.25, 0.3) is 5.91 Å². The number of nitrogens with one attached hydrogen (secondary N) is 1. The van der Waals surface area contributed by atoms with Crippen molar-refractivity contribution in [2.75, 3.05) is 6.54 Å². The smallest absolute Gasteiger partial charge is 0.344 e. The summed E-state index contributed by atoms with van der Waals surface area (Å²) < 4.78 is 5.48. The number of halogens is 2. The van der Waals surface area contributed by atoms with Crippen molar-refractivity contribution in [3.8, 4) is 5.75 Å². The lowest BCUT2D eigenvalue weighted by Gasteiger charge is -2.48. The van der Waals surface area contributed by atoms with Crippen molar-refractivity contribution >= 4 is 41.0 Å². The second-order valence-electron chi connectivity index (χ2n) is 11.1. The number of aliphatic carboxylic acids is 1. The standard InChI is InChI=1S/C33H34Cl2N2O6/c1-19(33(41)42)43-22-8-6-7-20(17-22)15-16-36-31(39)29-23-9-2-3-10-24(23)32(40)37(27-11-4-5-12-28(27)38)30(29)25-14-13-21(34)18-26(25)35/h2-3,6-10,13-14,17-19,27-30,38H,4-5,11-12,15-16H2,1H3,(H,36,39)(H,41,42)/t19-,27?,28?,29?,30?/m0/s1. The first-order chi connectivity index (χ1) is 20.7. The Balaban J connectivity index is 1.46. The van der Waals surface area contributed by atoms with Crippen LogP contribution in [0.4, 0.5) is 0 Å². The van der Waals surface area contributed by atoms with Crippen molar-refractivity contribution in [3.63, 3.8) is 0 Å². The molecule has 1 aliphatic heterocycles. The van der Waals surface area contributed by atoms with Crippen molar-refractivity contribution in [3.05, 3.63) is 99.0 Å². The fourth-order valence-corrected chi connectivity index (χ4v) is 6.68. The Kier molecular flexibility index (Phi) is 9.59. The summed E-state index contributed by atoms with van der Waals surface area (Å²) in [5, 5.41) is 24.1. The van der Waals surface area contributed by atoms with Crippen LogP contribution in [0, 0.1) is 0 Å². The largest absolute Gasteiger partial charge is 0.479 e. The van der Waals surface area contributed by atoms with Crippen molar-refractivity contribution < 1.29 is 29.3 Å². The van der Waals surface area contributed by atoms with Crippen molar-refractivity contribution in [2.24, 2.45) is 0 Å². The lowest BCUT2D eigenvalue weighted by atomic mass is 9.76. The second-order valence-corrected chi connectivity index (χ2v) is 11.9. The molecule has 8 nitrogen and oxygen atoms in total. The minimum atomic E-state index is -1.06. The fraction of sp³-hybridized carbons (Fsp3) is 0.364. The Morgan fingerprint density at radius 3 is 2.53 bits per heavy atom. The first-order valence-corrected chi connectivity index (χ1v) is 15.2. The van der Waals surface area contributed by atoms with Crippen LogP contribution in [0.5, 0.6) is 5.75 Å². The SMILES string of the molecule is C[C@H](Oc1cccc(CCNC(=O)C2c3ccccc3C(=O)N(C3CCCCC3O)C2c2ccc(Cl)cc2Cl)c1)C(=O)O. The third-order valence-electron chi connectivity index (χ3n) is 8.26. The van der Waals surface area contributed by atoms with Gasteiger partial charge in [0, 0.05) is 22.2 Å². The third kappa shape index (κ3) is 6.66. The zero-order chi connectivity index (χ0) is 30.7. The van der Waals surface area contributed by atoms with Gasteiger partial charge in [0.2, 0.25) is 5.91 Å². The molecule has 0 bridgehead atoms. The van der Waals surface area contributed by atoms with E-state index in [9.17, 15) is 19.5 Å². The number of amides is 2. The molecule has 10 heteroatoms. The highest BCUT2D eigenvalue weighted by Crippen LogP contribution is 2.47. The molecule has 0 aromatic heterocycles. The molecule has 5 rings (SSSR count). The number of hydrogen-bond acceptors (Lipinski definition) is 5. The maximum absolute atomic E-state index is 14.1. The van der Waals surface area contributed by atoms with Crippen molar-refractivity contribution in [1.29, 1.82) is 0 Å². The number of carbonyl (C=O) groups is 3. The number of benzene rings is 3. The quantitative estimate of drug-likeness (QED) is 0.277. The minimum absolute atomic E-state index is 0.242. The first kappa shape index (κ1) is 30.9. The number of carbonyl (C=O) groups excluding carboxylic acids is 2. The molecule has 3 aromatic carbocycles. The summed E-state index contributed by atoms with van der Waals surface area (Å²) in [7, 11) is 0. The summed E-state index contributed by atoms with van der Waals surface area (Å²) in [6.07, 6.45) is 1.67. The molecule has 2 amide bonds. The number of rotatable bonds is 9. The highest BCUT2D eigenvalue weighted by Gasteiger charge is 2.48. The van der Waals surface area contributed by atoms with E-state index in [0.717, 1.165) is 18.4 Å². The minimum Gasteiger partial charge on any atom is -0.479 e. The molecular weight excluding hydrogens is 591 g/mol. The third-order valence-corrected chi connectivity index (χ3v) is 8.83. The highest BCUT2D eigenvalue weighted by molar-refractivity contribution is 6.35. The zero-order valence-electron chi connectivity index (χ0n) is 23.7. The number of carboxylic acid groups (broad SMARTS) is 1. The van der Waals surface area contributed by atoms with E-state index in [4.69, 9.17) is 33.0 Å². The van der Waals surface area contributed by atoms with Crippen LogP contribution in [0.3, 0.4) is 0 Å². The van der Waals surface area contributed by atoms with E-state index >= 15 is 0 Å². The van der Waals surface area contributed by atoms with E-state index in [2.05, 4.69) is 5.32 Å². The number of hydrogen-bond donors (Lipinski definition) is 3. The van der Waals surface area contributed by atoms with Crippen LogP contribution in [0.25, 0.3) is 0 Å².